The second-order valence-electron chi connectivity index (χ2n) is 3.61. The van der Waals surface area contributed by atoms with Crippen molar-refractivity contribution < 1.29 is 14.6 Å². The van der Waals surface area contributed by atoms with Gasteiger partial charge in [-0.15, -0.1) is 11.6 Å². The number of hydrogen-bond acceptors (Lipinski definition) is 3. The SMILES string of the molecule is COc1ccc(C(O)CNC(=O)NCCCl)cc1. The predicted molar refractivity (Wildman–Crippen MR) is 70.1 cm³/mol. The highest BCUT2D eigenvalue weighted by Gasteiger charge is 2.09. The average molecular weight is 273 g/mol. The lowest BCUT2D eigenvalue weighted by atomic mass is 10.1. The molecule has 0 fully saturated rings. The van der Waals surface area contributed by atoms with Crippen LogP contribution in [0.3, 0.4) is 0 Å². The number of hydrogen-bond donors (Lipinski definition) is 3. The molecule has 0 aliphatic rings. The Balaban J connectivity index is 2.39. The minimum atomic E-state index is -0.752. The summed E-state index contributed by atoms with van der Waals surface area (Å²) in [6.45, 7) is 0.534. The third-order valence-electron chi connectivity index (χ3n) is 2.34. The molecule has 3 N–H and O–H groups in total. The van der Waals surface area contributed by atoms with Gasteiger partial charge in [0, 0.05) is 19.0 Å². The van der Waals surface area contributed by atoms with Crippen molar-refractivity contribution in [1.82, 2.24) is 10.6 Å². The average Bonchev–Trinajstić information content (AvgIpc) is 2.42. The quantitative estimate of drug-likeness (QED) is 0.683. The van der Waals surface area contributed by atoms with Gasteiger partial charge < -0.3 is 20.5 Å². The zero-order valence-electron chi connectivity index (χ0n) is 10.1. The minimum Gasteiger partial charge on any atom is -0.497 e. The van der Waals surface area contributed by atoms with E-state index in [0.29, 0.717) is 18.0 Å². The second-order valence-corrected chi connectivity index (χ2v) is 3.99. The molecule has 18 heavy (non-hydrogen) atoms. The minimum absolute atomic E-state index is 0.139. The molecule has 0 saturated heterocycles. The third kappa shape index (κ3) is 4.81. The summed E-state index contributed by atoms with van der Waals surface area (Å²) < 4.78 is 5.02. The van der Waals surface area contributed by atoms with Crippen molar-refractivity contribution in [2.45, 2.75) is 6.10 Å². The fourth-order valence-corrected chi connectivity index (χ4v) is 1.45. The van der Waals surface area contributed by atoms with Gasteiger partial charge in [-0.1, -0.05) is 12.1 Å². The highest BCUT2D eigenvalue weighted by Crippen LogP contribution is 2.16. The highest BCUT2D eigenvalue weighted by atomic mass is 35.5. The Morgan fingerprint density at radius 2 is 2.06 bits per heavy atom. The molecule has 5 nitrogen and oxygen atoms in total. The van der Waals surface area contributed by atoms with Crippen molar-refractivity contribution in [3.63, 3.8) is 0 Å². The normalized spacial score (nSPS) is 11.7. The van der Waals surface area contributed by atoms with E-state index in [1.165, 1.54) is 0 Å². The van der Waals surface area contributed by atoms with Crippen LogP contribution in [-0.4, -0.2) is 37.2 Å². The fraction of sp³-hybridized carbons (Fsp3) is 0.417. The molecule has 1 aromatic rings. The first-order valence-corrected chi connectivity index (χ1v) is 6.10. The molecule has 1 atom stereocenters. The van der Waals surface area contributed by atoms with E-state index in [1.807, 2.05) is 0 Å². The summed E-state index contributed by atoms with van der Waals surface area (Å²) in [5.41, 5.74) is 0.716. The standard InChI is InChI=1S/C12H17ClN2O3/c1-18-10-4-2-9(3-5-10)11(16)8-15-12(17)14-7-6-13/h2-5,11,16H,6-8H2,1H3,(H2,14,15,17). The van der Waals surface area contributed by atoms with Crippen molar-refractivity contribution in [2.24, 2.45) is 0 Å². The molecular weight excluding hydrogens is 256 g/mol. The summed E-state index contributed by atoms with van der Waals surface area (Å²) in [7, 11) is 1.58. The Labute approximate surface area is 111 Å². The molecular formula is C12H17ClN2O3. The van der Waals surface area contributed by atoms with E-state index in [2.05, 4.69) is 10.6 Å². The van der Waals surface area contributed by atoms with Crippen LogP contribution in [0.15, 0.2) is 24.3 Å². The number of amides is 2. The zero-order chi connectivity index (χ0) is 13.4. The second kappa shape index (κ2) is 7.79. The van der Waals surface area contributed by atoms with E-state index in [-0.39, 0.29) is 12.6 Å². The van der Waals surface area contributed by atoms with Gasteiger partial charge in [-0.2, -0.15) is 0 Å². The van der Waals surface area contributed by atoms with Crippen LogP contribution < -0.4 is 15.4 Å². The topological polar surface area (TPSA) is 70.6 Å². The van der Waals surface area contributed by atoms with Gasteiger partial charge in [0.25, 0.3) is 0 Å². The number of rotatable bonds is 6. The number of aliphatic hydroxyl groups is 1. The van der Waals surface area contributed by atoms with Gasteiger partial charge in [0.2, 0.25) is 0 Å². The number of ether oxygens (including phenoxy) is 1. The Morgan fingerprint density at radius 3 is 2.61 bits per heavy atom. The van der Waals surface area contributed by atoms with Crippen molar-refractivity contribution in [3.8, 4) is 5.75 Å². The number of carbonyl (C=O) groups excluding carboxylic acids is 1. The molecule has 100 valence electrons. The van der Waals surface area contributed by atoms with Crippen LogP contribution in [0.2, 0.25) is 0 Å². The molecule has 6 heteroatoms. The summed E-state index contributed by atoms with van der Waals surface area (Å²) >= 11 is 5.43. The van der Waals surface area contributed by atoms with E-state index in [4.69, 9.17) is 16.3 Å². The van der Waals surface area contributed by atoms with Gasteiger partial charge in [-0.05, 0) is 17.7 Å². The maximum atomic E-state index is 11.2. The van der Waals surface area contributed by atoms with Crippen LogP contribution in [0.5, 0.6) is 5.75 Å². The summed E-state index contributed by atoms with van der Waals surface area (Å²) in [5, 5.41) is 14.9. The highest BCUT2D eigenvalue weighted by molar-refractivity contribution is 6.18. The first-order valence-electron chi connectivity index (χ1n) is 5.57. The lowest BCUT2D eigenvalue weighted by molar-refractivity contribution is 0.173. The molecule has 0 aliphatic heterocycles. The first kappa shape index (κ1) is 14.6. The van der Waals surface area contributed by atoms with Crippen LogP contribution in [0.4, 0.5) is 4.79 Å². The van der Waals surface area contributed by atoms with Crippen LogP contribution >= 0.6 is 11.6 Å². The number of carbonyl (C=O) groups is 1. The molecule has 0 aliphatic carbocycles. The third-order valence-corrected chi connectivity index (χ3v) is 2.53. The zero-order valence-corrected chi connectivity index (χ0v) is 10.9. The number of halogens is 1. The molecule has 1 aromatic carbocycles. The number of benzene rings is 1. The number of nitrogens with one attached hydrogen (secondary N) is 2. The van der Waals surface area contributed by atoms with Crippen LogP contribution in [0.25, 0.3) is 0 Å². The van der Waals surface area contributed by atoms with Crippen LogP contribution in [0, 0.1) is 0 Å². The molecule has 0 aromatic heterocycles. The van der Waals surface area contributed by atoms with Crippen molar-refractivity contribution in [1.29, 1.82) is 0 Å². The van der Waals surface area contributed by atoms with Gasteiger partial charge in [0.1, 0.15) is 5.75 Å². The monoisotopic (exact) mass is 272 g/mol. The molecule has 0 bridgehead atoms. The summed E-state index contributed by atoms with van der Waals surface area (Å²) in [4.78, 5) is 11.2. The van der Waals surface area contributed by atoms with Crippen LogP contribution in [0.1, 0.15) is 11.7 Å². The van der Waals surface area contributed by atoms with E-state index >= 15 is 0 Å². The van der Waals surface area contributed by atoms with Gasteiger partial charge in [0.05, 0.1) is 13.2 Å². The van der Waals surface area contributed by atoms with E-state index < -0.39 is 6.10 Å². The largest absolute Gasteiger partial charge is 0.497 e. The Bertz CT molecular complexity index is 370. The maximum Gasteiger partial charge on any atom is 0.314 e. The summed E-state index contributed by atoms with van der Waals surface area (Å²) in [5.74, 6) is 1.08. The molecule has 0 radical (unpaired) electrons. The van der Waals surface area contributed by atoms with Crippen molar-refractivity contribution in [3.05, 3.63) is 29.8 Å². The van der Waals surface area contributed by atoms with E-state index in [9.17, 15) is 9.90 Å². The smallest absolute Gasteiger partial charge is 0.314 e. The predicted octanol–water partition coefficient (Wildman–Crippen LogP) is 1.27. The molecule has 1 rings (SSSR count). The molecule has 0 spiro atoms. The van der Waals surface area contributed by atoms with Gasteiger partial charge in [0.15, 0.2) is 0 Å². The van der Waals surface area contributed by atoms with Gasteiger partial charge >= 0.3 is 6.03 Å². The number of methoxy groups -OCH3 is 1. The fourth-order valence-electron chi connectivity index (χ4n) is 1.36. The molecule has 0 heterocycles. The lowest BCUT2D eigenvalue weighted by Gasteiger charge is -2.13. The molecule has 2 amide bonds. The number of urea groups is 1. The Hall–Kier alpha value is -1.46. The molecule has 1 unspecified atom stereocenters. The first-order chi connectivity index (χ1) is 8.67. The number of alkyl halides is 1. The Morgan fingerprint density at radius 1 is 1.39 bits per heavy atom. The van der Waals surface area contributed by atoms with Gasteiger partial charge in [-0.3, -0.25) is 0 Å². The van der Waals surface area contributed by atoms with Crippen LogP contribution in [-0.2, 0) is 0 Å². The van der Waals surface area contributed by atoms with Gasteiger partial charge in [-0.25, -0.2) is 4.79 Å². The van der Waals surface area contributed by atoms with Crippen molar-refractivity contribution >= 4 is 17.6 Å². The summed E-state index contributed by atoms with van der Waals surface area (Å²) in [6, 6.07) is 6.67. The number of aliphatic hydroxyl groups excluding tert-OH is 1. The van der Waals surface area contributed by atoms with Crippen molar-refractivity contribution in [2.75, 3.05) is 26.1 Å². The lowest BCUT2D eigenvalue weighted by Crippen LogP contribution is -2.38. The molecule has 0 saturated carbocycles. The van der Waals surface area contributed by atoms with E-state index in [0.717, 1.165) is 5.75 Å². The summed E-state index contributed by atoms with van der Waals surface area (Å²) in [6.07, 6.45) is -0.752. The van der Waals surface area contributed by atoms with E-state index in [1.54, 1.807) is 31.4 Å². The maximum absolute atomic E-state index is 11.2. The Kier molecular flexibility index (Phi) is 6.32.